The molecule has 1 aliphatic heterocycles. The highest BCUT2D eigenvalue weighted by Crippen LogP contribution is 2.25. The number of hydrogen-bond donors (Lipinski definition) is 1. The van der Waals surface area contributed by atoms with E-state index in [0.717, 1.165) is 6.42 Å². The van der Waals surface area contributed by atoms with Crippen LogP contribution in [0.1, 0.15) is 34.1 Å². The Labute approximate surface area is 69.5 Å². The summed E-state index contributed by atoms with van der Waals surface area (Å²) >= 11 is 0. The first kappa shape index (κ1) is 9.01. The molecule has 1 aliphatic rings. The van der Waals surface area contributed by atoms with Crippen molar-refractivity contribution in [2.45, 2.75) is 51.7 Å². The highest BCUT2D eigenvalue weighted by atomic mass is 15.0. The van der Waals surface area contributed by atoms with Crippen molar-refractivity contribution >= 4 is 0 Å². The lowest BCUT2D eigenvalue weighted by Gasteiger charge is -2.42. The van der Waals surface area contributed by atoms with Gasteiger partial charge in [-0.2, -0.15) is 0 Å². The minimum atomic E-state index is -0.138. The quantitative estimate of drug-likeness (QED) is 0.559. The van der Waals surface area contributed by atoms with Crippen molar-refractivity contribution in [1.29, 1.82) is 0 Å². The SMILES string of the molecule is CC1NC(C)(C)CC([N])C1C. The Morgan fingerprint density at radius 1 is 1.36 bits per heavy atom. The molecule has 3 unspecified atom stereocenters. The van der Waals surface area contributed by atoms with E-state index >= 15 is 0 Å². The fraction of sp³-hybridized carbons (Fsp3) is 1.00. The van der Waals surface area contributed by atoms with Crippen molar-refractivity contribution in [2.24, 2.45) is 5.92 Å². The highest BCUT2D eigenvalue weighted by molar-refractivity contribution is 4.95. The van der Waals surface area contributed by atoms with E-state index in [4.69, 9.17) is 0 Å². The first-order valence-electron chi connectivity index (χ1n) is 4.38. The lowest BCUT2D eigenvalue weighted by atomic mass is 9.80. The summed E-state index contributed by atoms with van der Waals surface area (Å²) in [4.78, 5) is 0. The van der Waals surface area contributed by atoms with Gasteiger partial charge in [-0.15, -0.1) is 5.73 Å². The molecular formula is C9H18N2. The summed E-state index contributed by atoms with van der Waals surface area (Å²) in [5.74, 6) is 0.378. The van der Waals surface area contributed by atoms with Crippen LogP contribution in [-0.2, 0) is 0 Å². The van der Waals surface area contributed by atoms with Crippen LogP contribution in [0.3, 0.4) is 0 Å². The summed E-state index contributed by atoms with van der Waals surface area (Å²) in [7, 11) is 0. The third-order valence-corrected chi connectivity index (χ3v) is 2.73. The predicted octanol–water partition coefficient (Wildman–Crippen LogP) is 1.22. The minimum absolute atomic E-state index is 0.103. The summed E-state index contributed by atoms with van der Waals surface area (Å²) in [5.41, 5.74) is 9.75. The van der Waals surface area contributed by atoms with E-state index in [1.807, 2.05) is 0 Å². The van der Waals surface area contributed by atoms with Crippen molar-refractivity contribution in [3.05, 3.63) is 0 Å². The predicted molar refractivity (Wildman–Crippen MR) is 46.4 cm³/mol. The number of piperidine rings is 1. The summed E-state index contributed by atoms with van der Waals surface area (Å²) < 4.78 is 0. The fourth-order valence-corrected chi connectivity index (χ4v) is 1.85. The molecule has 0 amide bonds. The Kier molecular flexibility index (Phi) is 2.26. The van der Waals surface area contributed by atoms with E-state index in [1.54, 1.807) is 0 Å². The maximum atomic E-state index is 9.64. The maximum absolute atomic E-state index is 9.64. The topological polar surface area (TPSA) is 34.3 Å². The second-order valence-corrected chi connectivity index (χ2v) is 4.45. The first-order valence-corrected chi connectivity index (χ1v) is 4.38. The number of rotatable bonds is 0. The monoisotopic (exact) mass is 154 g/mol. The van der Waals surface area contributed by atoms with Crippen LogP contribution in [0.2, 0.25) is 0 Å². The first-order chi connectivity index (χ1) is 4.92. The van der Waals surface area contributed by atoms with E-state index in [2.05, 4.69) is 33.0 Å². The van der Waals surface area contributed by atoms with E-state index in [9.17, 15) is 5.73 Å². The Balaban J connectivity index is 2.62. The summed E-state index contributed by atoms with van der Waals surface area (Å²) in [5, 5.41) is 3.48. The van der Waals surface area contributed by atoms with Gasteiger partial charge >= 0.3 is 0 Å². The lowest BCUT2D eigenvalue weighted by molar-refractivity contribution is 0.167. The molecule has 0 aromatic rings. The average Bonchev–Trinajstić information content (AvgIpc) is 1.81. The lowest BCUT2D eigenvalue weighted by Crippen LogP contribution is -2.57. The molecule has 64 valence electrons. The summed E-state index contributed by atoms with van der Waals surface area (Å²) in [6.45, 7) is 8.50. The molecule has 1 N–H and O–H groups in total. The Hall–Kier alpha value is -0.0800. The van der Waals surface area contributed by atoms with Gasteiger partial charge in [0.1, 0.15) is 0 Å². The Morgan fingerprint density at radius 2 is 1.91 bits per heavy atom. The van der Waals surface area contributed by atoms with Gasteiger partial charge in [0.25, 0.3) is 0 Å². The zero-order valence-electron chi connectivity index (χ0n) is 7.89. The minimum Gasteiger partial charge on any atom is -0.309 e. The molecule has 0 spiro atoms. The molecular weight excluding hydrogens is 136 g/mol. The molecule has 0 saturated carbocycles. The van der Waals surface area contributed by atoms with Gasteiger partial charge in [-0.25, -0.2) is 0 Å². The van der Waals surface area contributed by atoms with E-state index in [1.165, 1.54) is 0 Å². The van der Waals surface area contributed by atoms with Crippen LogP contribution in [0.5, 0.6) is 0 Å². The molecule has 1 saturated heterocycles. The van der Waals surface area contributed by atoms with Crippen LogP contribution in [0.25, 0.3) is 0 Å². The number of nitrogens with one attached hydrogen (secondary N) is 1. The standard InChI is InChI=1S/C9H18N2/c1-6-7(2)11-9(3,4)5-8(6)10/h6-8,11H,5H2,1-4H3. The third-order valence-electron chi connectivity index (χ3n) is 2.73. The van der Waals surface area contributed by atoms with Gasteiger partial charge in [-0.05, 0) is 33.1 Å². The van der Waals surface area contributed by atoms with Gasteiger partial charge < -0.3 is 5.32 Å². The molecule has 0 aromatic carbocycles. The van der Waals surface area contributed by atoms with Gasteiger partial charge in [-0.3, -0.25) is 0 Å². The number of hydrogen-bond acceptors (Lipinski definition) is 1. The molecule has 0 bridgehead atoms. The van der Waals surface area contributed by atoms with Crippen LogP contribution in [0, 0.1) is 5.92 Å². The van der Waals surface area contributed by atoms with Crippen LogP contribution in [0.4, 0.5) is 0 Å². The zero-order valence-corrected chi connectivity index (χ0v) is 7.89. The zero-order chi connectivity index (χ0) is 8.65. The van der Waals surface area contributed by atoms with Crippen LogP contribution >= 0.6 is 0 Å². The molecule has 0 aliphatic carbocycles. The van der Waals surface area contributed by atoms with Crippen molar-refractivity contribution in [3.63, 3.8) is 0 Å². The van der Waals surface area contributed by atoms with Crippen molar-refractivity contribution in [2.75, 3.05) is 0 Å². The average molecular weight is 154 g/mol. The maximum Gasteiger partial charge on any atom is 0.0491 e. The molecule has 2 heteroatoms. The molecule has 1 rings (SSSR count). The Bertz CT molecular complexity index is 128. The van der Waals surface area contributed by atoms with Gasteiger partial charge in [0.2, 0.25) is 0 Å². The highest BCUT2D eigenvalue weighted by Gasteiger charge is 2.35. The fourth-order valence-electron chi connectivity index (χ4n) is 1.85. The van der Waals surface area contributed by atoms with Crippen LogP contribution < -0.4 is 11.1 Å². The van der Waals surface area contributed by atoms with Gasteiger partial charge in [0, 0.05) is 17.6 Å². The van der Waals surface area contributed by atoms with Gasteiger partial charge in [0.15, 0.2) is 0 Å². The molecule has 0 aromatic heterocycles. The Morgan fingerprint density at radius 3 is 2.36 bits per heavy atom. The second-order valence-electron chi connectivity index (χ2n) is 4.45. The van der Waals surface area contributed by atoms with Crippen molar-refractivity contribution < 1.29 is 0 Å². The molecule has 1 heterocycles. The largest absolute Gasteiger partial charge is 0.309 e. The van der Waals surface area contributed by atoms with Gasteiger partial charge in [-0.1, -0.05) is 6.92 Å². The van der Waals surface area contributed by atoms with Crippen LogP contribution in [-0.4, -0.2) is 17.6 Å². The summed E-state index contributed by atoms with van der Waals surface area (Å²) in [6.07, 6.45) is 0.860. The molecule has 1 fully saturated rings. The third kappa shape index (κ3) is 1.94. The second kappa shape index (κ2) is 2.76. The molecule has 3 atom stereocenters. The molecule has 2 radical (unpaired) electrons. The summed E-state index contributed by atoms with van der Waals surface area (Å²) in [6, 6.07) is 0.287. The van der Waals surface area contributed by atoms with Crippen molar-refractivity contribution in [3.8, 4) is 0 Å². The van der Waals surface area contributed by atoms with Crippen LogP contribution in [0.15, 0.2) is 0 Å². The normalized spacial score (nSPS) is 43.9. The van der Waals surface area contributed by atoms with E-state index in [0.29, 0.717) is 12.0 Å². The molecule has 2 nitrogen and oxygen atoms in total. The van der Waals surface area contributed by atoms with E-state index < -0.39 is 0 Å². The smallest absolute Gasteiger partial charge is 0.0491 e. The number of nitrogens with zero attached hydrogens (tertiary/aromatic N) is 1. The van der Waals surface area contributed by atoms with E-state index in [-0.39, 0.29) is 11.6 Å². The molecule has 11 heavy (non-hydrogen) atoms. The van der Waals surface area contributed by atoms with Crippen molar-refractivity contribution in [1.82, 2.24) is 11.1 Å². The van der Waals surface area contributed by atoms with Gasteiger partial charge in [0.05, 0.1) is 0 Å².